The first-order valence-electron chi connectivity index (χ1n) is 7.17. The molecule has 0 saturated heterocycles. The fourth-order valence-corrected chi connectivity index (χ4v) is 2.49. The summed E-state index contributed by atoms with van der Waals surface area (Å²) in [6.45, 7) is 6.44. The number of nitrogens with zero attached hydrogens (tertiary/aromatic N) is 3. The van der Waals surface area contributed by atoms with Crippen molar-refractivity contribution in [1.82, 2.24) is 14.7 Å². The zero-order chi connectivity index (χ0) is 15.6. The van der Waals surface area contributed by atoms with Crippen molar-refractivity contribution in [2.75, 3.05) is 7.05 Å². The Balaban J connectivity index is 1.92. The van der Waals surface area contributed by atoms with Crippen LogP contribution in [0.3, 0.4) is 0 Å². The summed E-state index contributed by atoms with van der Waals surface area (Å²) in [5.74, 6) is 1.80. The highest BCUT2D eigenvalue weighted by atomic mass is 16.3. The molecule has 0 spiro atoms. The molecule has 2 aromatic rings. The quantitative estimate of drug-likeness (QED) is 0.850. The van der Waals surface area contributed by atoms with Gasteiger partial charge < -0.3 is 9.32 Å². The first-order chi connectivity index (χ1) is 9.88. The molecule has 0 N–H and O–H groups in total. The average Bonchev–Trinajstić information content (AvgIpc) is 2.92. The molecule has 0 fully saturated rings. The third kappa shape index (κ3) is 3.54. The molecule has 2 aromatic heterocycles. The molecule has 0 saturated carbocycles. The van der Waals surface area contributed by atoms with Crippen LogP contribution in [0.2, 0.25) is 0 Å². The molecule has 0 aliphatic rings. The number of hydrogen-bond donors (Lipinski definition) is 0. The van der Waals surface area contributed by atoms with Gasteiger partial charge in [-0.15, -0.1) is 0 Å². The van der Waals surface area contributed by atoms with Crippen LogP contribution >= 0.6 is 0 Å². The van der Waals surface area contributed by atoms with E-state index in [0.29, 0.717) is 13.0 Å². The van der Waals surface area contributed by atoms with Gasteiger partial charge in [0.2, 0.25) is 5.91 Å². The lowest BCUT2D eigenvalue weighted by atomic mass is 10.1. The van der Waals surface area contributed by atoms with Gasteiger partial charge in [-0.3, -0.25) is 9.48 Å². The first-order valence-corrected chi connectivity index (χ1v) is 7.17. The summed E-state index contributed by atoms with van der Waals surface area (Å²) in [4.78, 5) is 13.9. The predicted molar refractivity (Wildman–Crippen MR) is 80.9 cm³/mol. The Morgan fingerprint density at radius 3 is 2.57 bits per heavy atom. The Morgan fingerprint density at radius 2 is 2.05 bits per heavy atom. The van der Waals surface area contributed by atoms with Gasteiger partial charge in [0.25, 0.3) is 0 Å². The summed E-state index contributed by atoms with van der Waals surface area (Å²) in [5.41, 5.74) is 3.31. The van der Waals surface area contributed by atoms with E-state index in [1.165, 1.54) is 5.56 Å². The topological polar surface area (TPSA) is 51.3 Å². The number of aromatic nitrogens is 2. The fraction of sp³-hybridized carbons (Fsp3) is 0.500. The molecular formula is C16H23N3O2. The Hall–Kier alpha value is -2.04. The lowest BCUT2D eigenvalue weighted by Crippen LogP contribution is -2.26. The molecule has 0 bridgehead atoms. The van der Waals surface area contributed by atoms with Crippen LogP contribution in [0, 0.1) is 20.8 Å². The minimum atomic E-state index is 0.117. The summed E-state index contributed by atoms with van der Waals surface area (Å²) in [5, 5.41) is 4.38. The van der Waals surface area contributed by atoms with Gasteiger partial charge in [-0.2, -0.15) is 5.10 Å². The summed E-state index contributed by atoms with van der Waals surface area (Å²) in [6.07, 6.45) is 1.22. The number of hydrogen-bond acceptors (Lipinski definition) is 3. The maximum absolute atomic E-state index is 12.2. The van der Waals surface area contributed by atoms with E-state index in [9.17, 15) is 4.79 Å². The molecule has 21 heavy (non-hydrogen) atoms. The van der Waals surface area contributed by atoms with Crippen LogP contribution in [0.5, 0.6) is 0 Å². The number of amides is 1. The Bertz CT molecular complexity index is 640. The van der Waals surface area contributed by atoms with Crippen molar-refractivity contribution in [2.24, 2.45) is 7.05 Å². The first kappa shape index (κ1) is 15.4. The molecule has 0 radical (unpaired) electrons. The van der Waals surface area contributed by atoms with Crippen LogP contribution < -0.4 is 0 Å². The van der Waals surface area contributed by atoms with E-state index in [1.807, 2.05) is 51.7 Å². The lowest BCUT2D eigenvalue weighted by Gasteiger charge is -2.15. The van der Waals surface area contributed by atoms with E-state index in [1.54, 1.807) is 4.90 Å². The van der Waals surface area contributed by atoms with E-state index in [0.717, 1.165) is 29.3 Å². The van der Waals surface area contributed by atoms with E-state index >= 15 is 0 Å². The summed E-state index contributed by atoms with van der Waals surface area (Å²) >= 11 is 0. The number of carbonyl (C=O) groups is 1. The van der Waals surface area contributed by atoms with Gasteiger partial charge >= 0.3 is 0 Å². The minimum Gasteiger partial charge on any atom is -0.464 e. The molecule has 5 heteroatoms. The third-order valence-corrected chi connectivity index (χ3v) is 3.86. The summed E-state index contributed by atoms with van der Waals surface area (Å²) in [6, 6.07) is 3.82. The second-order valence-corrected chi connectivity index (χ2v) is 5.54. The Morgan fingerprint density at radius 1 is 1.33 bits per heavy atom. The zero-order valence-electron chi connectivity index (χ0n) is 13.4. The molecule has 0 aliphatic heterocycles. The van der Waals surface area contributed by atoms with Gasteiger partial charge in [-0.05, 0) is 44.9 Å². The van der Waals surface area contributed by atoms with Crippen molar-refractivity contribution in [3.8, 4) is 0 Å². The third-order valence-electron chi connectivity index (χ3n) is 3.86. The van der Waals surface area contributed by atoms with Gasteiger partial charge in [0.05, 0.1) is 12.2 Å². The summed E-state index contributed by atoms with van der Waals surface area (Å²) < 4.78 is 7.37. The normalized spacial score (nSPS) is 10.9. The number of furan rings is 1. The highest BCUT2D eigenvalue weighted by molar-refractivity contribution is 5.76. The van der Waals surface area contributed by atoms with Crippen LogP contribution in [0.1, 0.15) is 34.9 Å². The van der Waals surface area contributed by atoms with Crippen LogP contribution in [-0.2, 0) is 24.8 Å². The molecule has 114 valence electrons. The largest absolute Gasteiger partial charge is 0.464 e. The van der Waals surface area contributed by atoms with Gasteiger partial charge in [0, 0.05) is 26.2 Å². The molecule has 5 nitrogen and oxygen atoms in total. The van der Waals surface area contributed by atoms with Crippen molar-refractivity contribution in [3.05, 3.63) is 40.6 Å². The SMILES string of the molecule is Cc1ccc(CN(C)C(=O)CCc2c(C)nn(C)c2C)o1. The minimum absolute atomic E-state index is 0.117. The van der Waals surface area contributed by atoms with Crippen LogP contribution in [0.25, 0.3) is 0 Å². The van der Waals surface area contributed by atoms with Crippen molar-refractivity contribution >= 4 is 5.91 Å². The van der Waals surface area contributed by atoms with E-state index in [2.05, 4.69) is 5.10 Å². The second-order valence-electron chi connectivity index (χ2n) is 5.54. The molecule has 0 aromatic carbocycles. The molecule has 0 atom stereocenters. The molecule has 2 heterocycles. The Kier molecular flexibility index (Phi) is 4.50. The highest BCUT2D eigenvalue weighted by Crippen LogP contribution is 2.15. The molecule has 1 amide bonds. The fourth-order valence-electron chi connectivity index (χ4n) is 2.49. The molecule has 0 unspecified atom stereocenters. The van der Waals surface area contributed by atoms with Crippen molar-refractivity contribution in [2.45, 2.75) is 40.2 Å². The highest BCUT2D eigenvalue weighted by Gasteiger charge is 2.14. The van der Waals surface area contributed by atoms with Crippen molar-refractivity contribution < 1.29 is 9.21 Å². The zero-order valence-corrected chi connectivity index (χ0v) is 13.4. The second kappa shape index (κ2) is 6.16. The maximum Gasteiger partial charge on any atom is 0.223 e. The van der Waals surface area contributed by atoms with Crippen molar-refractivity contribution in [3.63, 3.8) is 0 Å². The van der Waals surface area contributed by atoms with Gasteiger partial charge in [0.15, 0.2) is 0 Å². The number of aryl methyl sites for hydroxylation is 3. The molecular weight excluding hydrogens is 266 g/mol. The van der Waals surface area contributed by atoms with Gasteiger partial charge in [0.1, 0.15) is 11.5 Å². The van der Waals surface area contributed by atoms with E-state index < -0.39 is 0 Å². The van der Waals surface area contributed by atoms with Crippen LogP contribution in [0.4, 0.5) is 0 Å². The summed E-state index contributed by atoms with van der Waals surface area (Å²) in [7, 11) is 3.74. The molecule has 0 aliphatic carbocycles. The van der Waals surface area contributed by atoms with E-state index in [-0.39, 0.29) is 5.91 Å². The van der Waals surface area contributed by atoms with Gasteiger partial charge in [-0.1, -0.05) is 0 Å². The standard InChI is InChI=1S/C16H23N3O2/c1-11-6-7-14(21-11)10-18(4)16(20)9-8-15-12(2)17-19(5)13(15)3/h6-7H,8-10H2,1-5H3. The Labute approximate surface area is 125 Å². The maximum atomic E-state index is 12.2. The number of rotatable bonds is 5. The molecule has 2 rings (SSSR count). The lowest BCUT2D eigenvalue weighted by molar-refractivity contribution is -0.130. The van der Waals surface area contributed by atoms with Crippen LogP contribution in [0.15, 0.2) is 16.5 Å². The number of carbonyl (C=O) groups excluding carboxylic acids is 1. The average molecular weight is 289 g/mol. The van der Waals surface area contributed by atoms with Crippen LogP contribution in [-0.4, -0.2) is 27.6 Å². The smallest absolute Gasteiger partial charge is 0.223 e. The van der Waals surface area contributed by atoms with Gasteiger partial charge in [-0.25, -0.2) is 0 Å². The van der Waals surface area contributed by atoms with Crippen molar-refractivity contribution in [1.29, 1.82) is 0 Å². The predicted octanol–water partition coefficient (Wildman–Crippen LogP) is 2.53. The van der Waals surface area contributed by atoms with E-state index in [4.69, 9.17) is 4.42 Å². The monoisotopic (exact) mass is 289 g/mol.